The molecule has 112 valence electrons. The summed E-state index contributed by atoms with van der Waals surface area (Å²) in [4.78, 5) is 13.9. The summed E-state index contributed by atoms with van der Waals surface area (Å²) in [6, 6.07) is 8.43. The topological polar surface area (TPSA) is 55.6 Å². The summed E-state index contributed by atoms with van der Waals surface area (Å²) in [5.41, 5.74) is 6.73. The molecule has 0 aromatic heterocycles. The molecular weight excluding hydrogens is 276 g/mol. The van der Waals surface area contributed by atoms with Gasteiger partial charge in [0.25, 0.3) is 0 Å². The lowest BCUT2D eigenvalue weighted by Crippen LogP contribution is -2.35. The minimum absolute atomic E-state index is 0. The molecule has 1 saturated heterocycles. The predicted molar refractivity (Wildman–Crippen MR) is 82.4 cm³/mol. The molecule has 5 heteroatoms. The monoisotopic (exact) mass is 298 g/mol. The maximum Gasteiger partial charge on any atom is 0.224 e. The van der Waals surface area contributed by atoms with E-state index in [1.54, 1.807) is 7.11 Å². The van der Waals surface area contributed by atoms with Crippen LogP contribution in [0.4, 0.5) is 0 Å². The highest BCUT2D eigenvalue weighted by Gasteiger charge is 2.32. The van der Waals surface area contributed by atoms with Crippen molar-refractivity contribution in [2.45, 2.75) is 31.7 Å². The maximum absolute atomic E-state index is 12.0. The van der Waals surface area contributed by atoms with E-state index in [1.807, 2.05) is 17.0 Å². The lowest BCUT2D eigenvalue weighted by molar-refractivity contribution is -0.131. The molecule has 1 heterocycles. The third kappa shape index (κ3) is 3.64. The van der Waals surface area contributed by atoms with Crippen LogP contribution in [0, 0.1) is 0 Å². The molecule has 2 N–H and O–H groups in total. The number of halogens is 1. The number of carbonyl (C=O) groups is 1. The molecule has 1 aliphatic rings. The van der Waals surface area contributed by atoms with E-state index >= 15 is 0 Å². The number of likely N-dealkylation sites (tertiary alicyclic amines) is 1. The fraction of sp³-hybridized carbons (Fsp3) is 0.533. The fourth-order valence-corrected chi connectivity index (χ4v) is 2.76. The Balaban J connectivity index is 0.00000200. The minimum Gasteiger partial charge on any atom is -0.497 e. The van der Waals surface area contributed by atoms with E-state index in [2.05, 4.69) is 19.1 Å². The smallest absolute Gasteiger partial charge is 0.224 e. The third-order valence-electron chi connectivity index (χ3n) is 3.84. The number of carbonyl (C=O) groups excluding carboxylic acids is 1. The Kier molecular flexibility index (Phi) is 6.30. The van der Waals surface area contributed by atoms with Gasteiger partial charge >= 0.3 is 0 Å². The van der Waals surface area contributed by atoms with Crippen LogP contribution in [0.5, 0.6) is 5.75 Å². The highest BCUT2D eigenvalue weighted by atomic mass is 35.5. The zero-order chi connectivity index (χ0) is 13.8. The fourth-order valence-electron chi connectivity index (χ4n) is 2.76. The number of nitrogens with two attached hydrogens (primary N) is 1. The molecule has 1 aromatic carbocycles. The van der Waals surface area contributed by atoms with E-state index in [0.29, 0.717) is 24.9 Å². The van der Waals surface area contributed by atoms with Crippen molar-refractivity contribution >= 4 is 18.3 Å². The summed E-state index contributed by atoms with van der Waals surface area (Å²) < 4.78 is 5.17. The van der Waals surface area contributed by atoms with Crippen molar-refractivity contribution < 1.29 is 9.53 Å². The second kappa shape index (κ2) is 7.50. The molecule has 1 amide bonds. The lowest BCUT2D eigenvalue weighted by atomic mass is 9.97. The van der Waals surface area contributed by atoms with Gasteiger partial charge in [-0.3, -0.25) is 4.79 Å². The van der Waals surface area contributed by atoms with E-state index in [-0.39, 0.29) is 18.3 Å². The molecule has 2 unspecified atom stereocenters. The molecule has 0 spiro atoms. The van der Waals surface area contributed by atoms with Gasteiger partial charge in [-0.2, -0.15) is 0 Å². The first-order chi connectivity index (χ1) is 9.15. The Morgan fingerprint density at radius 3 is 2.60 bits per heavy atom. The van der Waals surface area contributed by atoms with Gasteiger partial charge in [0.2, 0.25) is 5.91 Å². The molecule has 2 atom stereocenters. The van der Waals surface area contributed by atoms with Crippen LogP contribution in [-0.4, -0.2) is 37.0 Å². The van der Waals surface area contributed by atoms with Gasteiger partial charge in [0, 0.05) is 31.5 Å². The molecule has 0 radical (unpaired) electrons. The van der Waals surface area contributed by atoms with E-state index in [1.165, 1.54) is 5.56 Å². The predicted octanol–water partition coefficient (Wildman–Crippen LogP) is 2.17. The first kappa shape index (κ1) is 16.8. The van der Waals surface area contributed by atoms with Crippen LogP contribution in [0.15, 0.2) is 24.3 Å². The SMILES string of the molecule is COc1ccc(C2CC(C)N(C(=O)CCN)C2)cc1.Cl. The third-order valence-corrected chi connectivity index (χ3v) is 3.84. The quantitative estimate of drug-likeness (QED) is 0.927. The summed E-state index contributed by atoms with van der Waals surface area (Å²) >= 11 is 0. The van der Waals surface area contributed by atoms with Gasteiger partial charge in [0.15, 0.2) is 0 Å². The van der Waals surface area contributed by atoms with Gasteiger partial charge < -0.3 is 15.4 Å². The molecule has 1 aromatic rings. The number of ether oxygens (including phenoxy) is 1. The molecule has 20 heavy (non-hydrogen) atoms. The Hall–Kier alpha value is -1.26. The first-order valence-electron chi connectivity index (χ1n) is 6.79. The first-order valence-corrected chi connectivity index (χ1v) is 6.79. The summed E-state index contributed by atoms with van der Waals surface area (Å²) in [5.74, 6) is 1.46. The van der Waals surface area contributed by atoms with Crippen molar-refractivity contribution in [1.82, 2.24) is 4.90 Å². The highest BCUT2D eigenvalue weighted by molar-refractivity contribution is 5.85. The zero-order valence-corrected chi connectivity index (χ0v) is 12.9. The summed E-state index contributed by atoms with van der Waals surface area (Å²) in [7, 11) is 1.67. The van der Waals surface area contributed by atoms with Gasteiger partial charge in [-0.25, -0.2) is 0 Å². The average Bonchev–Trinajstić information content (AvgIpc) is 2.81. The number of hydrogen-bond acceptors (Lipinski definition) is 3. The van der Waals surface area contributed by atoms with Crippen LogP contribution in [0.3, 0.4) is 0 Å². The Labute approximate surface area is 126 Å². The van der Waals surface area contributed by atoms with E-state index < -0.39 is 0 Å². The number of benzene rings is 1. The molecular formula is C15H23ClN2O2. The van der Waals surface area contributed by atoms with Crippen molar-refractivity contribution in [2.24, 2.45) is 5.73 Å². The van der Waals surface area contributed by atoms with Crippen LogP contribution < -0.4 is 10.5 Å². The van der Waals surface area contributed by atoms with Crippen LogP contribution >= 0.6 is 12.4 Å². The number of methoxy groups -OCH3 is 1. The molecule has 1 fully saturated rings. The summed E-state index contributed by atoms with van der Waals surface area (Å²) in [6.45, 7) is 3.33. The van der Waals surface area contributed by atoms with Gasteiger partial charge in [0.1, 0.15) is 5.75 Å². The molecule has 1 aliphatic heterocycles. The van der Waals surface area contributed by atoms with Crippen LogP contribution in [-0.2, 0) is 4.79 Å². The number of amides is 1. The Morgan fingerprint density at radius 1 is 1.40 bits per heavy atom. The van der Waals surface area contributed by atoms with Gasteiger partial charge in [-0.1, -0.05) is 12.1 Å². The summed E-state index contributed by atoms with van der Waals surface area (Å²) in [5, 5.41) is 0. The Bertz CT molecular complexity index is 436. The second-order valence-corrected chi connectivity index (χ2v) is 5.14. The molecule has 0 aliphatic carbocycles. The zero-order valence-electron chi connectivity index (χ0n) is 12.0. The Morgan fingerprint density at radius 2 is 2.05 bits per heavy atom. The van der Waals surface area contributed by atoms with Crippen molar-refractivity contribution in [2.75, 3.05) is 20.2 Å². The van der Waals surface area contributed by atoms with Crippen molar-refractivity contribution in [1.29, 1.82) is 0 Å². The highest BCUT2D eigenvalue weighted by Crippen LogP contribution is 2.32. The van der Waals surface area contributed by atoms with Crippen molar-refractivity contribution in [3.8, 4) is 5.75 Å². The normalized spacial score (nSPS) is 21.4. The van der Waals surface area contributed by atoms with Crippen LogP contribution in [0.2, 0.25) is 0 Å². The van der Waals surface area contributed by atoms with Gasteiger partial charge in [-0.15, -0.1) is 12.4 Å². The minimum atomic E-state index is 0. The van der Waals surface area contributed by atoms with E-state index in [4.69, 9.17) is 10.5 Å². The molecule has 0 bridgehead atoms. The van der Waals surface area contributed by atoms with Crippen molar-refractivity contribution in [3.63, 3.8) is 0 Å². The molecule has 4 nitrogen and oxygen atoms in total. The average molecular weight is 299 g/mol. The van der Waals surface area contributed by atoms with Gasteiger partial charge in [0.05, 0.1) is 7.11 Å². The molecule has 2 rings (SSSR count). The summed E-state index contributed by atoms with van der Waals surface area (Å²) in [6.07, 6.45) is 1.46. The van der Waals surface area contributed by atoms with Gasteiger partial charge in [-0.05, 0) is 31.0 Å². The second-order valence-electron chi connectivity index (χ2n) is 5.14. The maximum atomic E-state index is 12.0. The number of hydrogen-bond donors (Lipinski definition) is 1. The largest absolute Gasteiger partial charge is 0.497 e. The standard InChI is InChI=1S/C15H22N2O2.ClH/c1-11-9-13(10-17(11)15(18)7-8-16)12-3-5-14(19-2)6-4-12;/h3-6,11,13H,7-10,16H2,1-2H3;1H. The number of rotatable bonds is 4. The van der Waals surface area contributed by atoms with E-state index in [0.717, 1.165) is 18.7 Å². The molecule has 0 saturated carbocycles. The van der Waals surface area contributed by atoms with Crippen LogP contribution in [0.25, 0.3) is 0 Å². The van der Waals surface area contributed by atoms with Crippen LogP contribution in [0.1, 0.15) is 31.2 Å². The van der Waals surface area contributed by atoms with Crippen molar-refractivity contribution in [3.05, 3.63) is 29.8 Å². The lowest BCUT2D eigenvalue weighted by Gasteiger charge is -2.21. The van der Waals surface area contributed by atoms with E-state index in [9.17, 15) is 4.79 Å². The number of nitrogens with zero attached hydrogens (tertiary/aromatic N) is 1.